The van der Waals surface area contributed by atoms with Gasteiger partial charge in [0.1, 0.15) is 18.2 Å². The lowest BCUT2D eigenvalue weighted by molar-refractivity contribution is -0.123. The summed E-state index contributed by atoms with van der Waals surface area (Å²) in [7, 11) is 0. The molecule has 0 spiro atoms. The molecule has 0 aliphatic carbocycles. The van der Waals surface area contributed by atoms with E-state index in [0.29, 0.717) is 21.2 Å². The van der Waals surface area contributed by atoms with Gasteiger partial charge in [-0.25, -0.2) is 4.39 Å². The van der Waals surface area contributed by atoms with Crippen molar-refractivity contribution in [3.63, 3.8) is 0 Å². The lowest BCUT2D eigenvalue weighted by Gasteiger charge is -2.13. The van der Waals surface area contributed by atoms with Crippen LogP contribution in [-0.4, -0.2) is 29.2 Å². The summed E-state index contributed by atoms with van der Waals surface area (Å²) in [5.41, 5.74) is 0.657. The van der Waals surface area contributed by atoms with E-state index in [2.05, 4.69) is 0 Å². The van der Waals surface area contributed by atoms with Crippen LogP contribution in [0.5, 0.6) is 5.75 Å². The molecule has 7 heteroatoms. The molecule has 0 radical (unpaired) electrons. The summed E-state index contributed by atoms with van der Waals surface area (Å²) in [4.78, 5) is 25.8. The average Bonchev–Trinajstić information content (AvgIpc) is 2.86. The van der Waals surface area contributed by atoms with E-state index in [4.69, 9.17) is 16.3 Å². The van der Waals surface area contributed by atoms with Crippen molar-refractivity contribution >= 4 is 40.6 Å². The molecule has 0 bridgehead atoms. The highest BCUT2D eigenvalue weighted by molar-refractivity contribution is 8.18. The molecule has 0 aromatic heterocycles. The van der Waals surface area contributed by atoms with Gasteiger partial charge >= 0.3 is 0 Å². The molecule has 25 heavy (non-hydrogen) atoms. The van der Waals surface area contributed by atoms with Gasteiger partial charge in [-0.1, -0.05) is 23.7 Å². The molecule has 1 aliphatic rings. The van der Waals surface area contributed by atoms with E-state index in [1.54, 1.807) is 42.5 Å². The van der Waals surface area contributed by atoms with Gasteiger partial charge in [-0.05, 0) is 59.8 Å². The van der Waals surface area contributed by atoms with Gasteiger partial charge in [0.05, 0.1) is 11.4 Å². The van der Waals surface area contributed by atoms with E-state index < -0.39 is 0 Å². The topological polar surface area (TPSA) is 46.6 Å². The molecule has 1 saturated heterocycles. The van der Waals surface area contributed by atoms with Crippen molar-refractivity contribution in [2.75, 3.05) is 13.2 Å². The number of carbonyl (C=O) groups is 2. The predicted molar refractivity (Wildman–Crippen MR) is 96.0 cm³/mol. The van der Waals surface area contributed by atoms with Crippen LogP contribution in [-0.2, 0) is 4.79 Å². The van der Waals surface area contributed by atoms with Gasteiger partial charge in [0.25, 0.3) is 11.1 Å². The first-order valence-corrected chi connectivity index (χ1v) is 8.62. The monoisotopic (exact) mass is 377 g/mol. The molecule has 1 aliphatic heterocycles. The summed E-state index contributed by atoms with van der Waals surface area (Å²) < 4.78 is 18.4. The second kappa shape index (κ2) is 7.72. The minimum absolute atomic E-state index is 0.147. The van der Waals surface area contributed by atoms with E-state index in [1.807, 2.05) is 0 Å². The molecular weight excluding hydrogens is 365 g/mol. The Morgan fingerprint density at radius 2 is 1.76 bits per heavy atom. The number of amides is 2. The zero-order valence-electron chi connectivity index (χ0n) is 12.9. The second-order valence-corrected chi connectivity index (χ2v) is 6.62. The Bertz CT molecular complexity index is 821. The number of benzene rings is 2. The molecule has 4 nitrogen and oxygen atoms in total. The van der Waals surface area contributed by atoms with Crippen LogP contribution < -0.4 is 4.74 Å². The van der Waals surface area contributed by atoms with Gasteiger partial charge in [0.2, 0.25) is 0 Å². The molecule has 1 heterocycles. The van der Waals surface area contributed by atoms with Crippen LogP contribution in [0.4, 0.5) is 9.18 Å². The van der Waals surface area contributed by atoms with Crippen molar-refractivity contribution in [2.45, 2.75) is 0 Å². The Labute approximate surface area is 153 Å². The zero-order valence-corrected chi connectivity index (χ0v) is 14.5. The fourth-order valence-electron chi connectivity index (χ4n) is 2.19. The number of carbonyl (C=O) groups excluding carboxylic acids is 2. The standard InChI is InChI=1S/C18H13ClFNO3S/c19-13-3-7-15(8-4-13)24-10-9-21-17(22)16(25-18(21)23)11-12-1-5-14(20)6-2-12/h1-8,11H,9-10H2/b16-11-. The SMILES string of the molecule is O=C1S/C(=C\c2ccc(F)cc2)C(=O)N1CCOc1ccc(Cl)cc1. The molecule has 128 valence electrons. The Balaban J connectivity index is 1.61. The lowest BCUT2D eigenvalue weighted by atomic mass is 10.2. The summed E-state index contributed by atoms with van der Waals surface area (Å²) in [5.74, 6) is -0.123. The number of thioether (sulfide) groups is 1. The smallest absolute Gasteiger partial charge is 0.293 e. The maximum absolute atomic E-state index is 12.9. The minimum Gasteiger partial charge on any atom is -0.492 e. The first-order valence-electron chi connectivity index (χ1n) is 7.42. The third-order valence-electron chi connectivity index (χ3n) is 3.44. The maximum atomic E-state index is 12.9. The maximum Gasteiger partial charge on any atom is 0.293 e. The van der Waals surface area contributed by atoms with Crippen LogP contribution in [0, 0.1) is 5.82 Å². The number of nitrogens with zero attached hydrogens (tertiary/aromatic N) is 1. The summed E-state index contributed by atoms with van der Waals surface area (Å²) in [6.07, 6.45) is 1.57. The van der Waals surface area contributed by atoms with Crippen molar-refractivity contribution in [3.05, 3.63) is 69.8 Å². The third kappa shape index (κ3) is 4.41. The molecular formula is C18H13ClFNO3S. The molecule has 2 aromatic carbocycles. The Hall–Kier alpha value is -2.31. The first-order chi connectivity index (χ1) is 12.0. The largest absolute Gasteiger partial charge is 0.492 e. The van der Waals surface area contributed by atoms with Crippen molar-refractivity contribution in [3.8, 4) is 5.75 Å². The van der Waals surface area contributed by atoms with E-state index >= 15 is 0 Å². The Kier molecular flexibility index (Phi) is 5.40. The highest BCUT2D eigenvalue weighted by Gasteiger charge is 2.34. The van der Waals surface area contributed by atoms with Gasteiger partial charge in [0, 0.05) is 5.02 Å². The van der Waals surface area contributed by atoms with E-state index in [1.165, 1.54) is 12.1 Å². The molecule has 0 atom stereocenters. The molecule has 2 aromatic rings. The number of hydrogen-bond acceptors (Lipinski definition) is 4. The highest BCUT2D eigenvalue weighted by Crippen LogP contribution is 2.32. The molecule has 3 rings (SSSR count). The van der Waals surface area contributed by atoms with E-state index in [9.17, 15) is 14.0 Å². The van der Waals surface area contributed by atoms with Crippen LogP contribution in [0.3, 0.4) is 0 Å². The molecule has 2 amide bonds. The third-order valence-corrected chi connectivity index (χ3v) is 4.60. The van der Waals surface area contributed by atoms with Crippen LogP contribution in [0.25, 0.3) is 6.08 Å². The quantitative estimate of drug-likeness (QED) is 0.715. The van der Waals surface area contributed by atoms with Crippen LogP contribution in [0.1, 0.15) is 5.56 Å². The van der Waals surface area contributed by atoms with Gasteiger partial charge in [-0.2, -0.15) is 0 Å². The van der Waals surface area contributed by atoms with Gasteiger partial charge in [-0.15, -0.1) is 0 Å². The fourth-order valence-corrected chi connectivity index (χ4v) is 3.18. The zero-order chi connectivity index (χ0) is 17.8. The normalized spacial score (nSPS) is 15.9. The van der Waals surface area contributed by atoms with Crippen LogP contribution in [0.15, 0.2) is 53.4 Å². The fraction of sp³-hybridized carbons (Fsp3) is 0.111. The summed E-state index contributed by atoms with van der Waals surface area (Å²) in [6, 6.07) is 12.5. The van der Waals surface area contributed by atoms with Crippen LogP contribution >= 0.6 is 23.4 Å². The van der Waals surface area contributed by atoms with Crippen molar-refractivity contribution < 1.29 is 18.7 Å². The molecule has 0 saturated carbocycles. The molecule has 1 fully saturated rings. The number of hydrogen-bond donors (Lipinski definition) is 0. The van der Waals surface area contributed by atoms with E-state index in [0.717, 1.165) is 16.7 Å². The van der Waals surface area contributed by atoms with Crippen molar-refractivity contribution in [1.29, 1.82) is 0 Å². The van der Waals surface area contributed by atoms with Crippen molar-refractivity contribution in [2.24, 2.45) is 0 Å². The molecule has 0 unspecified atom stereocenters. The van der Waals surface area contributed by atoms with Gasteiger partial charge < -0.3 is 4.74 Å². The number of ether oxygens (including phenoxy) is 1. The lowest BCUT2D eigenvalue weighted by Crippen LogP contribution is -2.32. The van der Waals surface area contributed by atoms with Crippen LogP contribution in [0.2, 0.25) is 5.02 Å². The Morgan fingerprint density at radius 1 is 1.08 bits per heavy atom. The van der Waals surface area contributed by atoms with Gasteiger partial charge in [0.15, 0.2) is 0 Å². The number of imide groups is 1. The summed E-state index contributed by atoms with van der Waals surface area (Å²) >= 11 is 6.66. The second-order valence-electron chi connectivity index (χ2n) is 5.19. The average molecular weight is 378 g/mol. The first kappa shape index (κ1) is 17.5. The Morgan fingerprint density at radius 3 is 2.44 bits per heavy atom. The molecule has 0 N–H and O–H groups in total. The minimum atomic E-state index is -0.376. The summed E-state index contributed by atoms with van der Waals surface area (Å²) in [6.45, 7) is 0.331. The van der Waals surface area contributed by atoms with Gasteiger partial charge in [-0.3, -0.25) is 14.5 Å². The highest BCUT2D eigenvalue weighted by atomic mass is 35.5. The van der Waals surface area contributed by atoms with E-state index in [-0.39, 0.29) is 30.1 Å². The number of rotatable bonds is 5. The number of halogens is 2. The summed E-state index contributed by atoms with van der Waals surface area (Å²) in [5, 5.41) is 0.252. The van der Waals surface area contributed by atoms with Crippen molar-refractivity contribution in [1.82, 2.24) is 4.90 Å². The predicted octanol–water partition coefficient (Wildman–Crippen LogP) is 4.59.